The van der Waals surface area contributed by atoms with Crippen LogP contribution in [0.5, 0.6) is 11.5 Å². The number of hydrogen-bond acceptors (Lipinski definition) is 6. The number of benzene rings is 2. The number of hydrogen-bond donors (Lipinski definition) is 0. The number of amides is 1. The molecule has 1 aliphatic heterocycles. The van der Waals surface area contributed by atoms with Crippen molar-refractivity contribution in [3.8, 4) is 22.9 Å². The van der Waals surface area contributed by atoms with E-state index in [0.29, 0.717) is 54.5 Å². The van der Waals surface area contributed by atoms with Crippen LogP contribution in [0.25, 0.3) is 11.4 Å². The molecule has 7 nitrogen and oxygen atoms in total. The fraction of sp³-hybridized carbons (Fsp3) is 0.375. The summed E-state index contributed by atoms with van der Waals surface area (Å²) >= 11 is 1.31. The van der Waals surface area contributed by atoms with E-state index in [0.717, 1.165) is 11.3 Å². The molecule has 0 atom stereocenters. The number of ether oxygens (including phenoxy) is 2. The van der Waals surface area contributed by atoms with E-state index in [-0.39, 0.29) is 17.5 Å². The predicted molar refractivity (Wildman–Crippen MR) is 125 cm³/mol. The Labute approximate surface area is 196 Å². The molecule has 0 bridgehead atoms. The van der Waals surface area contributed by atoms with Crippen LogP contribution in [0.4, 0.5) is 4.39 Å². The van der Waals surface area contributed by atoms with Gasteiger partial charge in [0.15, 0.2) is 22.5 Å². The Balaban J connectivity index is 1.44. The fourth-order valence-electron chi connectivity index (χ4n) is 3.55. The van der Waals surface area contributed by atoms with Gasteiger partial charge in [-0.25, -0.2) is 4.39 Å². The maximum absolute atomic E-state index is 14.4. The molecule has 0 N–H and O–H groups in total. The maximum Gasteiger partial charge on any atom is 0.233 e. The summed E-state index contributed by atoms with van der Waals surface area (Å²) in [5.41, 5.74) is 1.37. The Kier molecular flexibility index (Phi) is 7.17. The molecule has 3 aromatic rings. The largest absolute Gasteiger partial charge is 0.486 e. The lowest BCUT2D eigenvalue weighted by molar-refractivity contribution is -0.127. The second kappa shape index (κ2) is 10.2. The van der Waals surface area contributed by atoms with Gasteiger partial charge >= 0.3 is 0 Å². The summed E-state index contributed by atoms with van der Waals surface area (Å²) in [6.07, 6.45) is 0. The van der Waals surface area contributed by atoms with Gasteiger partial charge in [-0.1, -0.05) is 43.8 Å². The zero-order valence-electron chi connectivity index (χ0n) is 19.0. The summed E-state index contributed by atoms with van der Waals surface area (Å²) in [6, 6.07) is 12.2. The molecule has 2 aromatic carbocycles. The summed E-state index contributed by atoms with van der Waals surface area (Å²) in [4.78, 5) is 14.5. The Bertz CT molecular complexity index is 1130. The molecule has 0 radical (unpaired) electrons. The van der Waals surface area contributed by atoms with Gasteiger partial charge in [-0.05, 0) is 35.7 Å². The molecule has 2 heterocycles. The van der Waals surface area contributed by atoms with E-state index < -0.39 is 0 Å². The van der Waals surface area contributed by atoms with E-state index in [1.165, 1.54) is 17.8 Å². The molecule has 0 spiro atoms. The van der Waals surface area contributed by atoms with Crippen molar-refractivity contribution in [2.24, 2.45) is 5.92 Å². The van der Waals surface area contributed by atoms with Gasteiger partial charge in [0.1, 0.15) is 19.0 Å². The van der Waals surface area contributed by atoms with Gasteiger partial charge in [-0.15, -0.1) is 10.2 Å². The molecule has 174 valence electrons. The van der Waals surface area contributed by atoms with Crippen LogP contribution in [0.2, 0.25) is 0 Å². The maximum atomic E-state index is 14.4. The molecule has 1 amide bonds. The van der Waals surface area contributed by atoms with Crippen molar-refractivity contribution in [2.45, 2.75) is 32.1 Å². The Morgan fingerprint density at radius 3 is 2.67 bits per heavy atom. The van der Waals surface area contributed by atoms with Gasteiger partial charge in [0.2, 0.25) is 5.91 Å². The molecule has 4 rings (SSSR count). The van der Waals surface area contributed by atoms with Crippen LogP contribution in [0.1, 0.15) is 19.4 Å². The van der Waals surface area contributed by atoms with Crippen LogP contribution >= 0.6 is 11.8 Å². The average molecular weight is 471 g/mol. The molecule has 9 heteroatoms. The van der Waals surface area contributed by atoms with Gasteiger partial charge in [0.25, 0.3) is 0 Å². The molecule has 0 aliphatic carbocycles. The average Bonchev–Trinajstić information content (AvgIpc) is 3.19. The van der Waals surface area contributed by atoms with Crippen molar-refractivity contribution in [1.82, 2.24) is 19.7 Å². The quantitative estimate of drug-likeness (QED) is 0.458. The van der Waals surface area contributed by atoms with Crippen LogP contribution in [-0.4, -0.2) is 51.6 Å². The molecule has 0 fully saturated rings. The van der Waals surface area contributed by atoms with Crippen molar-refractivity contribution < 1.29 is 18.7 Å². The number of thioether (sulfide) groups is 1. The summed E-state index contributed by atoms with van der Waals surface area (Å²) in [7, 11) is 1.77. The molecule has 1 aliphatic rings. The van der Waals surface area contributed by atoms with E-state index in [9.17, 15) is 9.18 Å². The van der Waals surface area contributed by atoms with Crippen LogP contribution in [0, 0.1) is 11.7 Å². The zero-order valence-corrected chi connectivity index (χ0v) is 19.8. The monoisotopic (exact) mass is 470 g/mol. The first-order valence-electron chi connectivity index (χ1n) is 10.9. The third-order valence-electron chi connectivity index (χ3n) is 5.16. The van der Waals surface area contributed by atoms with Crippen molar-refractivity contribution in [2.75, 3.05) is 26.0 Å². The van der Waals surface area contributed by atoms with Crippen molar-refractivity contribution in [3.05, 3.63) is 53.8 Å². The molecule has 33 heavy (non-hydrogen) atoms. The molecular weight excluding hydrogens is 443 g/mol. The SMILES string of the molecule is CC(C)Cn1c(SCC(=O)N(C)Cc2ccc3c(c2)OCCO3)nnc1-c1ccccc1F. The number of rotatable bonds is 8. The number of fused-ring (bicyclic) bond motifs is 1. The molecule has 0 unspecified atom stereocenters. The highest BCUT2D eigenvalue weighted by molar-refractivity contribution is 7.99. The Morgan fingerprint density at radius 2 is 1.91 bits per heavy atom. The van der Waals surface area contributed by atoms with Crippen molar-refractivity contribution in [3.63, 3.8) is 0 Å². The summed E-state index contributed by atoms with van der Waals surface area (Å²) in [6.45, 7) is 6.29. The van der Waals surface area contributed by atoms with E-state index in [1.54, 1.807) is 30.1 Å². The van der Waals surface area contributed by atoms with Crippen LogP contribution < -0.4 is 9.47 Å². The third kappa shape index (κ3) is 5.47. The van der Waals surface area contributed by atoms with Crippen molar-refractivity contribution >= 4 is 17.7 Å². The first-order chi connectivity index (χ1) is 15.9. The molecule has 1 aromatic heterocycles. The van der Waals surface area contributed by atoms with Gasteiger partial charge in [-0.3, -0.25) is 4.79 Å². The highest BCUT2D eigenvalue weighted by Crippen LogP contribution is 2.31. The second-order valence-corrected chi connectivity index (χ2v) is 9.25. The lowest BCUT2D eigenvalue weighted by Gasteiger charge is -2.21. The summed E-state index contributed by atoms with van der Waals surface area (Å²) in [5, 5.41) is 9.09. The van der Waals surface area contributed by atoms with Gasteiger partial charge in [0, 0.05) is 20.1 Å². The van der Waals surface area contributed by atoms with E-state index in [2.05, 4.69) is 24.0 Å². The number of halogens is 1. The predicted octanol–water partition coefficient (Wildman–Crippen LogP) is 4.26. The fourth-order valence-corrected chi connectivity index (χ4v) is 4.44. The number of nitrogens with zero attached hydrogens (tertiary/aromatic N) is 4. The minimum atomic E-state index is -0.346. The zero-order chi connectivity index (χ0) is 23.4. The van der Waals surface area contributed by atoms with Gasteiger partial charge in [-0.2, -0.15) is 0 Å². The first kappa shape index (κ1) is 23.1. The third-order valence-corrected chi connectivity index (χ3v) is 6.11. The van der Waals surface area contributed by atoms with E-state index in [1.807, 2.05) is 22.8 Å². The van der Waals surface area contributed by atoms with Crippen LogP contribution in [-0.2, 0) is 17.9 Å². The van der Waals surface area contributed by atoms with Crippen molar-refractivity contribution in [1.29, 1.82) is 0 Å². The second-order valence-electron chi connectivity index (χ2n) is 8.31. The molecule has 0 saturated heterocycles. The highest BCUT2D eigenvalue weighted by atomic mass is 32.2. The summed E-state index contributed by atoms with van der Waals surface area (Å²) < 4.78 is 27.4. The van der Waals surface area contributed by atoms with E-state index in [4.69, 9.17) is 9.47 Å². The topological polar surface area (TPSA) is 69.5 Å². The number of aromatic nitrogens is 3. The molecular formula is C24H27FN4O3S. The van der Waals surface area contributed by atoms with Gasteiger partial charge < -0.3 is 18.9 Å². The minimum absolute atomic E-state index is 0.0403. The number of carbonyl (C=O) groups is 1. The lowest BCUT2D eigenvalue weighted by Crippen LogP contribution is -2.28. The smallest absolute Gasteiger partial charge is 0.233 e. The first-order valence-corrected chi connectivity index (χ1v) is 11.8. The number of carbonyl (C=O) groups excluding carboxylic acids is 1. The van der Waals surface area contributed by atoms with E-state index >= 15 is 0 Å². The standard InChI is InChI=1S/C24H27FN4O3S/c1-16(2)13-29-23(18-6-4-5-7-19(18)25)26-27-24(29)33-15-22(30)28(3)14-17-8-9-20-21(12-17)32-11-10-31-20/h4-9,12,16H,10-11,13-15H2,1-3H3. The Morgan fingerprint density at radius 1 is 1.15 bits per heavy atom. The normalized spacial score (nSPS) is 12.8. The van der Waals surface area contributed by atoms with Crippen LogP contribution in [0.3, 0.4) is 0 Å². The molecule has 0 saturated carbocycles. The van der Waals surface area contributed by atoms with Crippen LogP contribution in [0.15, 0.2) is 47.6 Å². The summed E-state index contributed by atoms with van der Waals surface area (Å²) in [5.74, 6) is 2.03. The minimum Gasteiger partial charge on any atom is -0.486 e. The Hall–Kier alpha value is -3.07. The van der Waals surface area contributed by atoms with Gasteiger partial charge in [0.05, 0.1) is 11.3 Å². The lowest BCUT2D eigenvalue weighted by atomic mass is 10.2. The highest BCUT2D eigenvalue weighted by Gasteiger charge is 2.20.